The van der Waals surface area contributed by atoms with Crippen molar-refractivity contribution in [2.24, 2.45) is 11.8 Å². The Hall–Kier alpha value is -3.10. The van der Waals surface area contributed by atoms with Crippen LogP contribution in [0.1, 0.15) is 33.1 Å². The Bertz CT molecular complexity index is 739. The van der Waals surface area contributed by atoms with E-state index >= 15 is 0 Å². The van der Waals surface area contributed by atoms with Crippen molar-refractivity contribution in [3.05, 3.63) is 61.0 Å². The summed E-state index contributed by atoms with van der Waals surface area (Å²) in [5.74, 6) is -2.12. The fraction of sp³-hybridized carbons (Fsp3) is 0.458. The summed E-state index contributed by atoms with van der Waals surface area (Å²) in [6.45, 7) is 10.8. The summed E-state index contributed by atoms with van der Waals surface area (Å²) in [6.07, 6.45) is -4.99. The molecule has 0 heterocycles. The van der Waals surface area contributed by atoms with Crippen LogP contribution in [-0.2, 0) is 14.4 Å². The van der Waals surface area contributed by atoms with E-state index in [9.17, 15) is 27.6 Å². The fourth-order valence-electron chi connectivity index (χ4n) is 2.69. The van der Waals surface area contributed by atoms with Crippen molar-refractivity contribution in [2.45, 2.75) is 45.3 Å². The first kappa shape index (κ1) is 29.9. The third-order valence-corrected chi connectivity index (χ3v) is 4.43. The zero-order chi connectivity index (χ0) is 25.4. The third kappa shape index (κ3) is 14.6. The molecule has 184 valence electrons. The number of hydrogen-bond donors (Lipinski definition) is 3. The Labute approximate surface area is 193 Å². The molecule has 1 amide bonds. The van der Waals surface area contributed by atoms with Crippen LogP contribution in [0.2, 0.25) is 0 Å². The average molecular weight is 470 g/mol. The SMILES string of the molecule is C=C(CC(F)(F)F)NCCC(=C)NC(C(=O)C(C=O)CC(=O)NC)C(C)C.c1ccccc1. The lowest BCUT2D eigenvalue weighted by molar-refractivity contribution is -0.134. The second-order valence-electron chi connectivity index (χ2n) is 7.72. The van der Waals surface area contributed by atoms with Gasteiger partial charge < -0.3 is 20.7 Å². The zero-order valence-electron chi connectivity index (χ0n) is 19.4. The van der Waals surface area contributed by atoms with E-state index in [4.69, 9.17) is 0 Å². The predicted octanol–water partition coefficient (Wildman–Crippen LogP) is 3.77. The molecule has 33 heavy (non-hydrogen) atoms. The lowest BCUT2D eigenvalue weighted by Gasteiger charge is -2.26. The third-order valence-electron chi connectivity index (χ3n) is 4.43. The van der Waals surface area contributed by atoms with Crippen LogP contribution in [-0.4, -0.2) is 43.8 Å². The number of carbonyl (C=O) groups excluding carboxylic acids is 3. The van der Waals surface area contributed by atoms with E-state index < -0.39 is 36.2 Å². The molecule has 2 atom stereocenters. The van der Waals surface area contributed by atoms with Crippen molar-refractivity contribution in [3.8, 4) is 0 Å². The second-order valence-corrected chi connectivity index (χ2v) is 7.72. The minimum Gasteiger partial charge on any atom is -0.388 e. The first-order valence-electron chi connectivity index (χ1n) is 10.5. The number of ketones is 1. The number of amides is 1. The summed E-state index contributed by atoms with van der Waals surface area (Å²) in [5.41, 5.74) is 0.275. The van der Waals surface area contributed by atoms with Gasteiger partial charge in [0.25, 0.3) is 0 Å². The van der Waals surface area contributed by atoms with Gasteiger partial charge in [-0.1, -0.05) is 63.4 Å². The highest BCUT2D eigenvalue weighted by Gasteiger charge is 2.31. The minimum absolute atomic E-state index is 0.154. The molecule has 0 aliphatic carbocycles. The topological polar surface area (TPSA) is 87.3 Å². The average Bonchev–Trinajstić information content (AvgIpc) is 2.75. The summed E-state index contributed by atoms with van der Waals surface area (Å²) in [6, 6.07) is 11.3. The molecule has 0 saturated heterocycles. The molecule has 0 aliphatic heterocycles. The van der Waals surface area contributed by atoms with E-state index in [0.29, 0.717) is 12.0 Å². The Morgan fingerprint density at radius 3 is 1.91 bits per heavy atom. The molecule has 0 fully saturated rings. The highest BCUT2D eigenvalue weighted by molar-refractivity contribution is 6.00. The zero-order valence-corrected chi connectivity index (χ0v) is 19.4. The van der Waals surface area contributed by atoms with Gasteiger partial charge >= 0.3 is 6.18 Å². The van der Waals surface area contributed by atoms with E-state index in [1.54, 1.807) is 13.8 Å². The Morgan fingerprint density at radius 2 is 1.52 bits per heavy atom. The maximum atomic E-state index is 12.6. The highest BCUT2D eigenvalue weighted by atomic mass is 19.4. The van der Waals surface area contributed by atoms with Gasteiger partial charge in [0.1, 0.15) is 6.29 Å². The number of halogens is 3. The van der Waals surface area contributed by atoms with Crippen LogP contribution in [0.25, 0.3) is 0 Å². The van der Waals surface area contributed by atoms with Gasteiger partial charge in [-0.05, 0) is 5.92 Å². The molecule has 1 aromatic rings. The van der Waals surface area contributed by atoms with Gasteiger partial charge in [0.05, 0.1) is 18.4 Å². The summed E-state index contributed by atoms with van der Waals surface area (Å²) in [7, 11) is 1.41. The molecule has 0 bridgehead atoms. The molecule has 2 unspecified atom stereocenters. The van der Waals surface area contributed by atoms with E-state index in [1.807, 2.05) is 36.4 Å². The quantitative estimate of drug-likeness (QED) is 0.302. The largest absolute Gasteiger partial charge is 0.394 e. The second kappa shape index (κ2) is 15.7. The number of aldehydes is 1. The molecule has 9 heteroatoms. The molecule has 0 spiro atoms. The van der Waals surface area contributed by atoms with Crippen LogP contribution >= 0.6 is 0 Å². The number of carbonyl (C=O) groups is 3. The van der Waals surface area contributed by atoms with E-state index in [1.165, 1.54) is 7.05 Å². The van der Waals surface area contributed by atoms with Gasteiger partial charge in [0.2, 0.25) is 5.91 Å². The standard InChI is InChI=1S/C18H28F3N3O3.C6H6/c1-11(2)16(17(27)14(10-25)8-15(26)22-5)24-12(3)6-7-23-13(4)9-18(19,20)21;1-2-4-6-5-3-1/h10-11,14,16,23-24H,3-4,6-9H2,1-2,5H3,(H,22,26);1-6H. The molecule has 0 aromatic heterocycles. The number of nitrogens with one attached hydrogen (secondary N) is 3. The van der Waals surface area contributed by atoms with Crippen LogP contribution in [0.3, 0.4) is 0 Å². The smallest absolute Gasteiger partial charge is 0.388 e. The lowest BCUT2D eigenvalue weighted by atomic mass is 9.89. The lowest BCUT2D eigenvalue weighted by Crippen LogP contribution is -2.45. The summed E-state index contributed by atoms with van der Waals surface area (Å²) >= 11 is 0. The first-order valence-corrected chi connectivity index (χ1v) is 10.5. The van der Waals surface area contributed by atoms with Gasteiger partial charge in [-0.2, -0.15) is 13.2 Å². The number of alkyl halides is 3. The molecular formula is C24H34F3N3O3. The summed E-state index contributed by atoms with van der Waals surface area (Å²) < 4.78 is 36.7. The van der Waals surface area contributed by atoms with Crippen LogP contribution in [0, 0.1) is 11.8 Å². The molecule has 1 rings (SSSR count). The van der Waals surface area contributed by atoms with Crippen LogP contribution < -0.4 is 16.0 Å². The predicted molar refractivity (Wildman–Crippen MR) is 123 cm³/mol. The Balaban J connectivity index is 0.00000146. The number of rotatable bonds is 13. The van der Waals surface area contributed by atoms with Crippen LogP contribution in [0.4, 0.5) is 13.2 Å². The molecular weight excluding hydrogens is 435 g/mol. The number of Topliss-reactive ketones (excluding diaryl/α,β-unsaturated/α-hetero) is 1. The molecule has 3 N–H and O–H groups in total. The summed E-state index contributed by atoms with van der Waals surface area (Å²) in [4.78, 5) is 35.2. The van der Waals surface area contributed by atoms with Gasteiger partial charge in [-0.3, -0.25) is 9.59 Å². The van der Waals surface area contributed by atoms with E-state index in [0.717, 1.165) is 0 Å². The maximum Gasteiger partial charge on any atom is 0.394 e. The van der Waals surface area contributed by atoms with Crippen molar-refractivity contribution in [1.82, 2.24) is 16.0 Å². The normalized spacial score (nSPS) is 12.5. The van der Waals surface area contributed by atoms with Crippen molar-refractivity contribution in [3.63, 3.8) is 0 Å². The van der Waals surface area contributed by atoms with Crippen molar-refractivity contribution in [2.75, 3.05) is 13.6 Å². The number of hydrogen-bond acceptors (Lipinski definition) is 5. The number of benzene rings is 1. The van der Waals surface area contributed by atoms with E-state index in [2.05, 4.69) is 29.1 Å². The molecule has 6 nitrogen and oxygen atoms in total. The summed E-state index contributed by atoms with van der Waals surface area (Å²) in [5, 5.41) is 7.84. The maximum absolute atomic E-state index is 12.6. The Kier molecular flexibility index (Phi) is 14.2. The Morgan fingerprint density at radius 1 is 1.00 bits per heavy atom. The molecule has 0 saturated carbocycles. The van der Waals surface area contributed by atoms with Gasteiger partial charge in [0.15, 0.2) is 5.78 Å². The van der Waals surface area contributed by atoms with Gasteiger partial charge in [0, 0.05) is 37.8 Å². The van der Waals surface area contributed by atoms with Crippen molar-refractivity contribution >= 4 is 18.0 Å². The van der Waals surface area contributed by atoms with E-state index in [-0.39, 0.29) is 31.0 Å². The highest BCUT2D eigenvalue weighted by Crippen LogP contribution is 2.22. The monoisotopic (exact) mass is 469 g/mol. The van der Waals surface area contributed by atoms with Crippen molar-refractivity contribution in [1.29, 1.82) is 0 Å². The van der Waals surface area contributed by atoms with Crippen LogP contribution in [0.5, 0.6) is 0 Å². The molecule has 0 radical (unpaired) electrons. The van der Waals surface area contributed by atoms with Gasteiger partial charge in [-0.15, -0.1) is 0 Å². The van der Waals surface area contributed by atoms with Gasteiger partial charge in [-0.25, -0.2) is 0 Å². The van der Waals surface area contributed by atoms with Crippen molar-refractivity contribution < 1.29 is 27.6 Å². The first-order chi connectivity index (χ1) is 15.4. The van der Waals surface area contributed by atoms with Crippen LogP contribution in [0.15, 0.2) is 61.0 Å². The minimum atomic E-state index is -4.33. The molecule has 1 aromatic carbocycles. The number of allylic oxidation sites excluding steroid dienone is 1. The molecule has 0 aliphatic rings. The fourth-order valence-corrected chi connectivity index (χ4v) is 2.69.